The highest BCUT2D eigenvalue weighted by atomic mass is 79.9. The molecule has 2 heteroatoms. The van der Waals surface area contributed by atoms with Crippen LogP contribution in [0.5, 0.6) is 0 Å². The Labute approximate surface area is 106 Å². The average molecular weight is 253 g/mol. The zero-order valence-electron chi connectivity index (χ0n) is 19.4. The minimum absolute atomic E-state index is 0.441. The smallest absolute Gasteiger partial charge is 0.0635 e. The fourth-order valence-corrected chi connectivity index (χ4v) is 1.24. The third kappa shape index (κ3) is 2.12. The fourth-order valence-electron chi connectivity index (χ4n) is 0.844. The summed E-state index contributed by atoms with van der Waals surface area (Å²) in [5.41, 5.74) is -0.753. The number of halogens is 1. The Morgan fingerprint density at radius 1 is 1.54 bits per heavy atom. The molecule has 1 unspecified atom stereocenters. The Morgan fingerprint density at radius 2 is 2.38 bits per heavy atom. The summed E-state index contributed by atoms with van der Waals surface area (Å²) in [6, 6.07) is -6.07. The molecule has 1 atom stereocenters. The highest BCUT2D eigenvalue weighted by Gasteiger charge is 2.15. The summed E-state index contributed by atoms with van der Waals surface area (Å²) in [6.45, 7) is -3.22. The van der Waals surface area contributed by atoms with Crippen molar-refractivity contribution in [2.24, 2.45) is 0 Å². The molecule has 1 aliphatic heterocycles. The van der Waals surface area contributed by atoms with E-state index in [-0.39, 0.29) is 0 Å². The van der Waals surface area contributed by atoms with Gasteiger partial charge in [0, 0.05) is 21.5 Å². The van der Waals surface area contributed by atoms with Crippen molar-refractivity contribution in [1.29, 1.82) is 0 Å². The highest BCUT2D eigenvalue weighted by molar-refractivity contribution is 9.10. The monoisotopic (exact) mass is 252 g/mol. The van der Waals surface area contributed by atoms with Crippen LogP contribution in [-0.2, 0) is 0 Å². The van der Waals surface area contributed by atoms with Crippen LogP contribution in [0.2, 0.25) is 0 Å². The fraction of sp³-hybridized carbons (Fsp3) is 0.455. The number of hydrogen-bond donors (Lipinski definition) is 1. The lowest BCUT2D eigenvalue weighted by Crippen LogP contribution is -2.26. The molecular formula is C11H14BrN. The van der Waals surface area contributed by atoms with Crippen molar-refractivity contribution in [2.45, 2.75) is 25.1 Å². The molecule has 1 aromatic rings. The van der Waals surface area contributed by atoms with Crippen molar-refractivity contribution in [3.8, 4) is 0 Å². The maximum atomic E-state index is 8.49. The van der Waals surface area contributed by atoms with Gasteiger partial charge in [0.15, 0.2) is 0 Å². The van der Waals surface area contributed by atoms with E-state index in [1.165, 1.54) is 0 Å². The van der Waals surface area contributed by atoms with Crippen LogP contribution in [0.4, 0.5) is 0 Å². The Balaban J connectivity index is 2.94. The number of nitrogens with one attached hydrogen (secondary N) is 1. The van der Waals surface area contributed by atoms with Crippen molar-refractivity contribution in [1.82, 2.24) is 5.32 Å². The topological polar surface area (TPSA) is 12.0 Å². The predicted octanol–water partition coefficient (Wildman–Crippen LogP) is 3.26. The molecule has 0 spiro atoms. The minimum atomic E-state index is -3.52. The second kappa shape index (κ2) is 4.25. The Hall–Kier alpha value is -0.340. The van der Waals surface area contributed by atoms with Crippen LogP contribution < -0.4 is 5.32 Å². The first-order chi connectivity index (χ1) is 11.4. The summed E-state index contributed by atoms with van der Waals surface area (Å²) in [7, 11) is 0. The molecule has 1 heterocycles. The Kier molecular flexibility index (Phi) is 0.791. The molecule has 0 amide bonds. The SMILES string of the molecule is [2H]c1c([2H])c([2H])c(C2([2H])NC([2H])([2H])C([2H])([2H])C([2H])([2H])C2([2H])[2H])c(Br)c1[2H]. The quantitative estimate of drug-likeness (QED) is 0.810. The van der Waals surface area contributed by atoms with E-state index in [2.05, 4.69) is 15.9 Å². The maximum Gasteiger partial charge on any atom is 0.0635 e. The van der Waals surface area contributed by atoms with Gasteiger partial charge in [-0.25, -0.2) is 0 Å². The third-order valence-corrected chi connectivity index (χ3v) is 1.99. The number of hydrogen-bond acceptors (Lipinski definition) is 1. The summed E-state index contributed by atoms with van der Waals surface area (Å²) in [5, 5.41) is 1.81. The molecule has 1 fully saturated rings. The largest absolute Gasteiger partial charge is 0.310 e. The molecule has 1 aromatic carbocycles. The Bertz CT molecular complexity index is 747. The molecule has 1 N–H and O–H groups in total. The summed E-state index contributed by atoms with van der Waals surface area (Å²) in [5.74, 6) is 0. The standard InChI is InChI=1S/C11H14BrN/c12-10-6-2-1-5-9(10)11-7-3-4-8-13-11/h1-2,5-6,11,13H,3-4,7-8H2/i1D,2D,3D2,4D2,5D,6D,7D2,8D2,11D. The van der Waals surface area contributed by atoms with Crippen LogP contribution in [0.3, 0.4) is 0 Å². The van der Waals surface area contributed by atoms with Gasteiger partial charge >= 0.3 is 0 Å². The molecular weight excluding hydrogens is 226 g/mol. The van der Waals surface area contributed by atoms with Crippen molar-refractivity contribution in [3.05, 3.63) is 34.2 Å². The van der Waals surface area contributed by atoms with Gasteiger partial charge in [-0.2, -0.15) is 0 Å². The van der Waals surface area contributed by atoms with Gasteiger partial charge in [0.2, 0.25) is 0 Å². The van der Waals surface area contributed by atoms with E-state index < -0.39 is 65.8 Å². The zero-order valence-corrected chi connectivity index (χ0v) is 7.96. The van der Waals surface area contributed by atoms with Gasteiger partial charge in [0.05, 0.1) is 6.85 Å². The van der Waals surface area contributed by atoms with Gasteiger partial charge in [-0.3, -0.25) is 0 Å². The number of rotatable bonds is 1. The lowest BCUT2D eigenvalue weighted by atomic mass is 9.98. The summed E-state index contributed by atoms with van der Waals surface area (Å²) in [6.07, 6.45) is -10.3. The second-order valence-electron chi connectivity index (χ2n) is 2.19. The van der Waals surface area contributed by atoms with Gasteiger partial charge in [-0.05, 0) is 30.8 Å². The van der Waals surface area contributed by atoms with Crippen molar-refractivity contribution >= 4 is 15.9 Å². The normalized spacial score (nSPS) is 58.7. The summed E-state index contributed by atoms with van der Waals surface area (Å²) in [4.78, 5) is 0. The van der Waals surface area contributed by atoms with Gasteiger partial charge in [-0.1, -0.05) is 40.4 Å². The van der Waals surface area contributed by atoms with Crippen molar-refractivity contribution < 1.29 is 17.8 Å². The van der Waals surface area contributed by atoms with Crippen LogP contribution in [-0.4, -0.2) is 6.50 Å². The van der Waals surface area contributed by atoms with E-state index in [1.54, 1.807) is 0 Å². The summed E-state index contributed by atoms with van der Waals surface area (Å²) < 4.78 is 102. The molecule has 1 nitrogen and oxygen atoms in total. The first-order valence-corrected chi connectivity index (χ1v) is 4.23. The molecule has 0 bridgehead atoms. The van der Waals surface area contributed by atoms with Crippen LogP contribution in [0, 0.1) is 0 Å². The van der Waals surface area contributed by atoms with Crippen LogP contribution in [0.25, 0.3) is 0 Å². The lowest BCUT2D eigenvalue weighted by molar-refractivity contribution is 0.411. The zero-order chi connectivity index (χ0) is 20.7. The molecule has 13 heavy (non-hydrogen) atoms. The van der Waals surface area contributed by atoms with Crippen LogP contribution in [0.15, 0.2) is 28.6 Å². The van der Waals surface area contributed by atoms with Gasteiger partial charge in [-0.15, -0.1) is 0 Å². The minimum Gasteiger partial charge on any atom is -0.310 e. The molecule has 1 saturated heterocycles. The van der Waals surface area contributed by atoms with Crippen molar-refractivity contribution in [3.63, 3.8) is 0 Å². The van der Waals surface area contributed by atoms with E-state index in [4.69, 9.17) is 17.8 Å². The third-order valence-electron chi connectivity index (χ3n) is 1.39. The molecule has 0 saturated carbocycles. The average Bonchev–Trinajstić information content (AvgIpc) is 2.49. The molecule has 0 radical (unpaired) electrons. The van der Waals surface area contributed by atoms with E-state index in [0.717, 1.165) is 0 Å². The number of benzene rings is 1. The first kappa shape index (κ1) is 2.42. The van der Waals surface area contributed by atoms with Gasteiger partial charge < -0.3 is 5.32 Å². The van der Waals surface area contributed by atoms with E-state index in [1.807, 2.05) is 5.32 Å². The Morgan fingerprint density at radius 3 is 3.31 bits per heavy atom. The molecule has 2 rings (SSSR count). The van der Waals surface area contributed by atoms with E-state index in [0.29, 0.717) is 0 Å². The van der Waals surface area contributed by atoms with E-state index in [9.17, 15) is 0 Å². The lowest BCUT2D eigenvalue weighted by Gasteiger charge is -2.24. The molecule has 0 aliphatic carbocycles. The molecule has 0 aromatic heterocycles. The second-order valence-corrected chi connectivity index (χ2v) is 2.98. The van der Waals surface area contributed by atoms with E-state index >= 15 is 0 Å². The first-order valence-electron chi connectivity index (χ1n) is 9.94. The maximum absolute atomic E-state index is 8.49. The van der Waals surface area contributed by atoms with Crippen LogP contribution >= 0.6 is 15.9 Å². The van der Waals surface area contributed by atoms with Crippen molar-refractivity contribution in [2.75, 3.05) is 6.50 Å². The van der Waals surface area contributed by atoms with Gasteiger partial charge in [0.1, 0.15) is 0 Å². The molecule has 1 aliphatic rings. The van der Waals surface area contributed by atoms with Gasteiger partial charge in [0.25, 0.3) is 0 Å². The molecule has 70 valence electrons. The number of piperidine rings is 1. The highest BCUT2D eigenvalue weighted by Crippen LogP contribution is 2.28. The predicted molar refractivity (Wildman–Crippen MR) is 58.7 cm³/mol. The summed E-state index contributed by atoms with van der Waals surface area (Å²) >= 11 is 2.87. The van der Waals surface area contributed by atoms with Crippen LogP contribution in [0.1, 0.15) is 48.5 Å².